The number of carbonyl (C=O) groups excluding carboxylic acids is 1. The highest BCUT2D eigenvalue weighted by molar-refractivity contribution is 5.76. The standard InChI is InChI=1S/C17H27N3O2/c1-14-11-16(18-22-14)13-19-7-9-20(10-8-19)17(21)12-15-5-3-2-4-6-15/h11,15H,2-10,12-13H2,1H3. The molecule has 1 saturated carbocycles. The Balaban J connectivity index is 1.41. The third-order valence-corrected chi connectivity index (χ3v) is 4.98. The molecule has 1 aromatic heterocycles. The Labute approximate surface area is 132 Å². The van der Waals surface area contributed by atoms with E-state index in [-0.39, 0.29) is 0 Å². The van der Waals surface area contributed by atoms with Gasteiger partial charge in [-0.1, -0.05) is 24.4 Å². The molecule has 0 atom stereocenters. The zero-order valence-electron chi connectivity index (χ0n) is 13.6. The lowest BCUT2D eigenvalue weighted by atomic mass is 9.86. The molecule has 0 N–H and O–H groups in total. The van der Waals surface area contributed by atoms with E-state index in [2.05, 4.69) is 15.0 Å². The average molecular weight is 305 g/mol. The predicted molar refractivity (Wildman–Crippen MR) is 84.3 cm³/mol. The SMILES string of the molecule is Cc1cc(CN2CCN(C(=O)CC3CCCCC3)CC2)no1. The maximum atomic E-state index is 12.4. The van der Waals surface area contributed by atoms with Crippen LogP contribution in [-0.2, 0) is 11.3 Å². The van der Waals surface area contributed by atoms with Gasteiger partial charge < -0.3 is 9.42 Å². The Morgan fingerprint density at radius 1 is 1.23 bits per heavy atom. The summed E-state index contributed by atoms with van der Waals surface area (Å²) in [7, 11) is 0. The zero-order chi connectivity index (χ0) is 15.4. The number of carbonyl (C=O) groups is 1. The van der Waals surface area contributed by atoms with Crippen LogP contribution in [0.2, 0.25) is 0 Å². The molecule has 22 heavy (non-hydrogen) atoms. The lowest BCUT2D eigenvalue weighted by Gasteiger charge is -2.35. The zero-order valence-corrected chi connectivity index (χ0v) is 13.6. The predicted octanol–water partition coefficient (Wildman–Crippen LogP) is 2.60. The number of hydrogen-bond donors (Lipinski definition) is 0. The van der Waals surface area contributed by atoms with Gasteiger partial charge in [-0.05, 0) is 25.7 Å². The highest BCUT2D eigenvalue weighted by Crippen LogP contribution is 2.27. The van der Waals surface area contributed by atoms with Gasteiger partial charge in [0.15, 0.2) is 0 Å². The molecule has 0 unspecified atom stereocenters. The summed E-state index contributed by atoms with van der Waals surface area (Å²) >= 11 is 0. The topological polar surface area (TPSA) is 49.6 Å². The number of nitrogens with zero attached hydrogens (tertiary/aromatic N) is 3. The minimum Gasteiger partial charge on any atom is -0.361 e. The van der Waals surface area contributed by atoms with E-state index < -0.39 is 0 Å². The van der Waals surface area contributed by atoms with Crippen LogP contribution in [0.15, 0.2) is 10.6 Å². The van der Waals surface area contributed by atoms with Crippen molar-refractivity contribution in [1.29, 1.82) is 0 Å². The molecule has 0 spiro atoms. The van der Waals surface area contributed by atoms with Gasteiger partial charge >= 0.3 is 0 Å². The molecule has 3 rings (SSSR count). The van der Waals surface area contributed by atoms with Crippen LogP contribution in [0.4, 0.5) is 0 Å². The van der Waals surface area contributed by atoms with Gasteiger partial charge in [0.25, 0.3) is 0 Å². The van der Waals surface area contributed by atoms with Gasteiger partial charge in [0.2, 0.25) is 5.91 Å². The number of hydrogen-bond acceptors (Lipinski definition) is 4. The minimum atomic E-state index is 0.365. The normalized spacial score (nSPS) is 21.2. The Bertz CT molecular complexity index is 486. The van der Waals surface area contributed by atoms with Crippen molar-refractivity contribution in [3.8, 4) is 0 Å². The first-order chi connectivity index (χ1) is 10.7. The second-order valence-electron chi connectivity index (χ2n) is 6.79. The third-order valence-electron chi connectivity index (χ3n) is 4.98. The Morgan fingerprint density at radius 3 is 2.59 bits per heavy atom. The third kappa shape index (κ3) is 4.09. The van der Waals surface area contributed by atoms with E-state index in [0.717, 1.165) is 50.6 Å². The van der Waals surface area contributed by atoms with E-state index in [0.29, 0.717) is 11.8 Å². The number of piperazine rings is 1. The molecule has 122 valence electrons. The van der Waals surface area contributed by atoms with Gasteiger partial charge in [0.1, 0.15) is 5.76 Å². The average Bonchev–Trinajstić information content (AvgIpc) is 2.94. The van der Waals surface area contributed by atoms with Gasteiger partial charge in [-0.3, -0.25) is 9.69 Å². The van der Waals surface area contributed by atoms with Gasteiger partial charge in [-0.2, -0.15) is 0 Å². The highest BCUT2D eigenvalue weighted by atomic mass is 16.5. The first-order valence-corrected chi connectivity index (χ1v) is 8.63. The van der Waals surface area contributed by atoms with Crippen LogP contribution >= 0.6 is 0 Å². The van der Waals surface area contributed by atoms with Crippen LogP contribution < -0.4 is 0 Å². The van der Waals surface area contributed by atoms with Crippen LogP contribution in [-0.4, -0.2) is 47.0 Å². The molecular formula is C17H27N3O2. The van der Waals surface area contributed by atoms with E-state index in [9.17, 15) is 4.79 Å². The van der Waals surface area contributed by atoms with Crippen LogP contribution in [0.5, 0.6) is 0 Å². The summed E-state index contributed by atoms with van der Waals surface area (Å²) in [6, 6.07) is 1.99. The summed E-state index contributed by atoms with van der Waals surface area (Å²) in [6.07, 6.45) is 7.23. The molecule has 0 aromatic carbocycles. The smallest absolute Gasteiger partial charge is 0.222 e. The first-order valence-electron chi connectivity index (χ1n) is 8.63. The van der Waals surface area contributed by atoms with E-state index >= 15 is 0 Å². The van der Waals surface area contributed by atoms with Crippen molar-refractivity contribution in [2.24, 2.45) is 5.92 Å². The van der Waals surface area contributed by atoms with Crippen molar-refractivity contribution in [3.05, 3.63) is 17.5 Å². The Kier molecular flexibility index (Phi) is 5.13. The summed E-state index contributed by atoms with van der Waals surface area (Å²) in [4.78, 5) is 16.8. The lowest BCUT2D eigenvalue weighted by Crippen LogP contribution is -2.48. The molecule has 5 heteroatoms. The second kappa shape index (κ2) is 7.27. The summed E-state index contributed by atoms with van der Waals surface area (Å²) in [5.41, 5.74) is 0.986. The van der Waals surface area contributed by atoms with Crippen LogP contribution in [0.1, 0.15) is 50.0 Å². The van der Waals surface area contributed by atoms with E-state index in [1.54, 1.807) is 0 Å². The maximum Gasteiger partial charge on any atom is 0.222 e. The number of aromatic nitrogens is 1. The van der Waals surface area contributed by atoms with Crippen molar-refractivity contribution in [3.63, 3.8) is 0 Å². The fourth-order valence-corrected chi connectivity index (χ4v) is 3.64. The number of amides is 1. The first kappa shape index (κ1) is 15.5. The van der Waals surface area contributed by atoms with Crippen LogP contribution in [0.3, 0.4) is 0 Å². The van der Waals surface area contributed by atoms with Gasteiger partial charge in [-0.15, -0.1) is 0 Å². The molecular weight excluding hydrogens is 278 g/mol. The quantitative estimate of drug-likeness (QED) is 0.858. The van der Waals surface area contributed by atoms with Gasteiger partial charge in [0.05, 0.1) is 5.69 Å². The summed E-state index contributed by atoms with van der Waals surface area (Å²) < 4.78 is 5.11. The van der Waals surface area contributed by atoms with Crippen LogP contribution in [0.25, 0.3) is 0 Å². The van der Waals surface area contributed by atoms with Crippen molar-refractivity contribution < 1.29 is 9.32 Å². The second-order valence-corrected chi connectivity index (χ2v) is 6.79. The summed E-state index contributed by atoms with van der Waals surface area (Å²) in [5.74, 6) is 1.86. The molecule has 1 aliphatic carbocycles. The van der Waals surface area contributed by atoms with E-state index in [1.165, 1.54) is 32.1 Å². The van der Waals surface area contributed by atoms with E-state index in [4.69, 9.17) is 4.52 Å². The lowest BCUT2D eigenvalue weighted by molar-refractivity contribution is -0.134. The number of rotatable bonds is 4. The summed E-state index contributed by atoms with van der Waals surface area (Å²) in [5, 5.41) is 4.04. The maximum absolute atomic E-state index is 12.4. The molecule has 0 radical (unpaired) electrons. The minimum absolute atomic E-state index is 0.365. The molecule has 1 aromatic rings. The molecule has 1 aliphatic heterocycles. The summed E-state index contributed by atoms with van der Waals surface area (Å²) in [6.45, 7) is 6.30. The van der Waals surface area contributed by atoms with Gasteiger partial charge in [0, 0.05) is 45.2 Å². The molecule has 2 heterocycles. The fraction of sp³-hybridized carbons (Fsp3) is 0.765. The number of aryl methyl sites for hydroxylation is 1. The molecule has 5 nitrogen and oxygen atoms in total. The molecule has 1 amide bonds. The molecule has 0 bridgehead atoms. The fourth-order valence-electron chi connectivity index (χ4n) is 3.64. The Morgan fingerprint density at radius 2 is 1.95 bits per heavy atom. The van der Waals surface area contributed by atoms with E-state index in [1.807, 2.05) is 13.0 Å². The Hall–Kier alpha value is -1.36. The monoisotopic (exact) mass is 305 g/mol. The highest BCUT2D eigenvalue weighted by Gasteiger charge is 2.24. The van der Waals surface area contributed by atoms with Crippen molar-refractivity contribution in [1.82, 2.24) is 15.0 Å². The van der Waals surface area contributed by atoms with Crippen molar-refractivity contribution >= 4 is 5.91 Å². The molecule has 2 fully saturated rings. The van der Waals surface area contributed by atoms with Gasteiger partial charge in [-0.25, -0.2) is 0 Å². The molecule has 2 aliphatic rings. The largest absolute Gasteiger partial charge is 0.361 e. The molecule has 1 saturated heterocycles. The van der Waals surface area contributed by atoms with Crippen molar-refractivity contribution in [2.75, 3.05) is 26.2 Å². The van der Waals surface area contributed by atoms with Crippen LogP contribution in [0, 0.1) is 12.8 Å². The van der Waals surface area contributed by atoms with Crippen molar-refractivity contribution in [2.45, 2.75) is 52.0 Å².